The summed E-state index contributed by atoms with van der Waals surface area (Å²) in [5.74, 6) is -0.318. The second-order valence-electron chi connectivity index (χ2n) is 4.16. The molecule has 0 spiro atoms. The molecule has 0 aliphatic rings. The molecule has 0 aliphatic carbocycles. The van der Waals surface area contributed by atoms with Gasteiger partial charge in [-0.15, -0.1) is 10.2 Å². The van der Waals surface area contributed by atoms with Crippen LogP contribution in [0.1, 0.15) is 0 Å². The third-order valence-corrected chi connectivity index (χ3v) is 3.89. The fourth-order valence-electron chi connectivity index (χ4n) is 1.94. The highest BCUT2D eigenvalue weighted by Gasteiger charge is 2.12. The predicted octanol–water partition coefficient (Wildman–Crippen LogP) is 5.40. The first-order chi connectivity index (χ1) is 9.56. The summed E-state index contributed by atoms with van der Waals surface area (Å²) >= 11 is 18.1. The van der Waals surface area contributed by atoms with Gasteiger partial charge in [0.15, 0.2) is 5.15 Å². The average molecular weight is 328 g/mol. The summed E-state index contributed by atoms with van der Waals surface area (Å²) in [6.45, 7) is 0. The van der Waals surface area contributed by atoms with Crippen LogP contribution in [0.2, 0.25) is 15.2 Å². The third kappa shape index (κ3) is 2.33. The van der Waals surface area contributed by atoms with E-state index in [0.717, 1.165) is 5.56 Å². The van der Waals surface area contributed by atoms with Crippen LogP contribution < -0.4 is 0 Å². The van der Waals surface area contributed by atoms with Gasteiger partial charge in [-0.05, 0) is 36.4 Å². The molecule has 0 amide bonds. The van der Waals surface area contributed by atoms with Crippen LogP contribution in [0.25, 0.3) is 22.0 Å². The highest BCUT2D eigenvalue weighted by atomic mass is 35.5. The third-order valence-electron chi connectivity index (χ3n) is 2.89. The van der Waals surface area contributed by atoms with Crippen LogP contribution in [0.3, 0.4) is 0 Å². The molecule has 1 heterocycles. The van der Waals surface area contributed by atoms with Crippen molar-refractivity contribution in [2.24, 2.45) is 0 Å². The van der Waals surface area contributed by atoms with Gasteiger partial charge in [0.05, 0.1) is 10.0 Å². The monoisotopic (exact) mass is 326 g/mol. The van der Waals surface area contributed by atoms with Crippen molar-refractivity contribution in [2.45, 2.75) is 0 Å². The van der Waals surface area contributed by atoms with Crippen molar-refractivity contribution in [2.75, 3.05) is 0 Å². The van der Waals surface area contributed by atoms with Crippen molar-refractivity contribution in [1.29, 1.82) is 0 Å². The first-order valence-corrected chi connectivity index (χ1v) is 6.76. The number of hydrogen-bond donors (Lipinski definition) is 0. The SMILES string of the molecule is Fc1ccc(-c2nnc(Cl)c3cc(Cl)c(Cl)cc23)cc1. The Morgan fingerprint density at radius 3 is 2.05 bits per heavy atom. The second kappa shape index (κ2) is 5.17. The van der Waals surface area contributed by atoms with Gasteiger partial charge in [0.2, 0.25) is 0 Å². The van der Waals surface area contributed by atoms with Gasteiger partial charge in [0.25, 0.3) is 0 Å². The van der Waals surface area contributed by atoms with Crippen LogP contribution in [-0.2, 0) is 0 Å². The van der Waals surface area contributed by atoms with E-state index in [1.54, 1.807) is 24.3 Å². The van der Waals surface area contributed by atoms with Crippen LogP contribution in [0.4, 0.5) is 4.39 Å². The number of hydrogen-bond acceptors (Lipinski definition) is 2. The summed E-state index contributed by atoms with van der Waals surface area (Å²) in [5, 5.41) is 10.4. The van der Waals surface area contributed by atoms with E-state index in [1.807, 2.05) is 0 Å². The van der Waals surface area contributed by atoms with E-state index in [1.165, 1.54) is 12.1 Å². The highest BCUT2D eigenvalue weighted by Crippen LogP contribution is 2.35. The lowest BCUT2D eigenvalue weighted by molar-refractivity contribution is 0.628. The van der Waals surface area contributed by atoms with Crippen molar-refractivity contribution in [3.63, 3.8) is 0 Å². The van der Waals surface area contributed by atoms with Crippen LogP contribution >= 0.6 is 34.8 Å². The molecule has 3 rings (SSSR count). The Labute approximate surface area is 129 Å². The number of nitrogens with zero attached hydrogens (tertiary/aromatic N) is 2. The van der Waals surface area contributed by atoms with Crippen LogP contribution in [-0.4, -0.2) is 10.2 Å². The van der Waals surface area contributed by atoms with Crippen molar-refractivity contribution < 1.29 is 4.39 Å². The number of aromatic nitrogens is 2. The van der Waals surface area contributed by atoms with E-state index in [0.29, 0.717) is 26.5 Å². The molecule has 1 aromatic heterocycles. The highest BCUT2D eigenvalue weighted by molar-refractivity contribution is 6.43. The van der Waals surface area contributed by atoms with Crippen molar-refractivity contribution in [3.8, 4) is 11.3 Å². The molecule has 0 fully saturated rings. The lowest BCUT2D eigenvalue weighted by Gasteiger charge is -2.08. The molecule has 2 aromatic carbocycles. The molecule has 0 unspecified atom stereocenters. The molecular weight excluding hydrogens is 322 g/mol. The zero-order valence-electron chi connectivity index (χ0n) is 9.87. The van der Waals surface area contributed by atoms with Crippen LogP contribution in [0, 0.1) is 5.82 Å². The lowest BCUT2D eigenvalue weighted by atomic mass is 10.1. The summed E-state index contributed by atoms with van der Waals surface area (Å²) in [6, 6.07) is 9.27. The minimum absolute atomic E-state index is 0.240. The largest absolute Gasteiger partial charge is 0.207 e. The van der Waals surface area contributed by atoms with Crippen LogP contribution in [0.5, 0.6) is 0 Å². The summed E-state index contributed by atoms with van der Waals surface area (Å²) in [4.78, 5) is 0. The fraction of sp³-hybridized carbons (Fsp3) is 0. The van der Waals surface area contributed by atoms with Crippen molar-refractivity contribution in [3.05, 3.63) is 57.4 Å². The Balaban J connectivity index is 2.34. The van der Waals surface area contributed by atoms with E-state index < -0.39 is 0 Å². The maximum Gasteiger partial charge on any atom is 0.159 e. The Kier molecular flexibility index (Phi) is 3.50. The maximum atomic E-state index is 13.0. The maximum absolute atomic E-state index is 13.0. The smallest absolute Gasteiger partial charge is 0.159 e. The normalized spacial score (nSPS) is 11.0. The molecule has 100 valence electrons. The molecule has 0 saturated heterocycles. The second-order valence-corrected chi connectivity index (χ2v) is 5.33. The molecule has 0 saturated carbocycles. The molecule has 0 radical (unpaired) electrons. The Morgan fingerprint density at radius 1 is 0.800 bits per heavy atom. The molecule has 3 aromatic rings. The van der Waals surface area contributed by atoms with E-state index in [2.05, 4.69) is 10.2 Å². The Hall–Kier alpha value is -1.42. The first-order valence-electron chi connectivity index (χ1n) is 5.63. The molecule has 0 atom stereocenters. The van der Waals surface area contributed by atoms with Gasteiger partial charge < -0.3 is 0 Å². The molecule has 2 nitrogen and oxygen atoms in total. The molecule has 6 heteroatoms. The van der Waals surface area contributed by atoms with E-state index in [4.69, 9.17) is 34.8 Å². The van der Waals surface area contributed by atoms with Gasteiger partial charge in [0, 0.05) is 16.3 Å². The van der Waals surface area contributed by atoms with Gasteiger partial charge in [-0.3, -0.25) is 0 Å². The van der Waals surface area contributed by atoms with Crippen LogP contribution in [0.15, 0.2) is 36.4 Å². The number of rotatable bonds is 1. The molecular formula is C14H6Cl3FN2. The minimum atomic E-state index is -0.318. The van der Waals surface area contributed by atoms with Gasteiger partial charge in [-0.25, -0.2) is 4.39 Å². The molecule has 0 aliphatic heterocycles. The average Bonchev–Trinajstić information content (AvgIpc) is 2.43. The van der Waals surface area contributed by atoms with Gasteiger partial charge >= 0.3 is 0 Å². The zero-order valence-corrected chi connectivity index (χ0v) is 12.1. The Bertz CT molecular complexity index is 804. The summed E-state index contributed by atoms with van der Waals surface area (Å²) in [6.07, 6.45) is 0. The summed E-state index contributed by atoms with van der Waals surface area (Å²) in [7, 11) is 0. The molecule has 0 bridgehead atoms. The zero-order chi connectivity index (χ0) is 14.3. The lowest BCUT2D eigenvalue weighted by Crippen LogP contribution is -1.92. The standard InChI is InChI=1S/C14H6Cl3FN2/c15-11-5-9-10(6-12(11)16)14(17)20-19-13(9)7-1-3-8(18)4-2-7/h1-6H. The first kappa shape index (κ1) is 13.6. The van der Waals surface area contributed by atoms with Crippen molar-refractivity contribution >= 4 is 45.6 Å². The van der Waals surface area contributed by atoms with E-state index in [9.17, 15) is 4.39 Å². The fourth-order valence-corrected chi connectivity index (χ4v) is 2.46. The van der Waals surface area contributed by atoms with Gasteiger partial charge in [-0.2, -0.15) is 0 Å². The number of fused-ring (bicyclic) bond motifs is 1. The van der Waals surface area contributed by atoms with E-state index in [-0.39, 0.29) is 11.0 Å². The number of benzene rings is 2. The topological polar surface area (TPSA) is 25.8 Å². The predicted molar refractivity (Wildman–Crippen MR) is 80.0 cm³/mol. The summed E-state index contributed by atoms with van der Waals surface area (Å²) < 4.78 is 13.0. The molecule has 0 N–H and O–H groups in total. The number of halogens is 4. The summed E-state index contributed by atoms with van der Waals surface area (Å²) in [5.41, 5.74) is 1.29. The molecule has 20 heavy (non-hydrogen) atoms. The minimum Gasteiger partial charge on any atom is -0.207 e. The van der Waals surface area contributed by atoms with Gasteiger partial charge in [-0.1, -0.05) is 34.8 Å². The van der Waals surface area contributed by atoms with E-state index >= 15 is 0 Å². The Morgan fingerprint density at radius 2 is 1.40 bits per heavy atom. The van der Waals surface area contributed by atoms with Gasteiger partial charge in [0.1, 0.15) is 11.5 Å². The van der Waals surface area contributed by atoms with Crippen molar-refractivity contribution in [1.82, 2.24) is 10.2 Å². The quantitative estimate of drug-likeness (QED) is 0.598.